The maximum Gasteiger partial charge on any atom is 0.232 e. The largest absolute Gasteiger partial charge is 0.455 e. The van der Waals surface area contributed by atoms with E-state index in [0.29, 0.717) is 56.9 Å². The summed E-state index contributed by atoms with van der Waals surface area (Å²) in [7, 11) is -2.14. The Morgan fingerprint density at radius 1 is 1.07 bits per heavy atom. The van der Waals surface area contributed by atoms with Gasteiger partial charge in [0.05, 0.1) is 29.0 Å². The van der Waals surface area contributed by atoms with Crippen LogP contribution in [0.25, 0.3) is 55.8 Å². The first-order valence-electron chi connectivity index (χ1n) is 14.6. The number of hydrogen-bond acceptors (Lipinski definition) is 5. The summed E-state index contributed by atoms with van der Waals surface area (Å²) < 4.78 is 49.4. The van der Waals surface area contributed by atoms with Crippen LogP contribution < -0.4 is 4.31 Å². The molecule has 3 aromatic heterocycles. The second-order valence-corrected chi connectivity index (χ2v) is 13.3. The number of rotatable bonds is 6. The van der Waals surface area contributed by atoms with Crippen LogP contribution in [0.15, 0.2) is 83.3 Å². The molecule has 0 saturated carbocycles. The molecule has 7 rings (SSSR count). The van der Waals surface area contributed by atoms with Crippen molar-refractivity contribution in [2.24, 2.45) is 0 Å². The van der Waals surface area contributed by atoms with E-state index in [1.54, 1.807) is 18.2 Å². The highest BCUT2D eigenvalue weighted by Crippen LogP contribution is 2.42. The number of halogens is 1. The second kappa shape index (κ2) is 10.4. The van der Waals surface area contributed by atoms with Gasteiger partial charge in [0.15, 0.2) is 0 Å². The van der Waals surface area contributed by atoms with Crippen LogP contribution in [0, 0.1) is 11.2 Å². The number of pyridine rings is 1. The monoisotopic (exact) mass is 606 g/mol. The van der Waals surface area contributed by atoms with Gasteiger partial charge >= 0.3 is 0 Å². The van der Waals surface area contributed by atoms with Crippen molar-refractivity contribution in [1.82, 2.24) is 9.55 Å². The molecule has 1 aliphatic rings. The lowest BCUT2D eigenvalue weighted by Gasteiger charge is -2.21. The number of furan rings is 1. The fraction of sp³-hybridized carbons (Fsp3) is 0.200. The predicted octanol–water partition coefficient (Wildman–Crippen LogP) is 8.04. The number of nitrogens with zero attached hydrogens (tertiary/aromatic N) is 3. The minimum absolute atomic E-state index is 0.359. The number of anilines is 1. The van der Waals surface area contributed by atoms with Gasteiger partial charge in [-0.1, -0.05) is 31.2 Å². The van der Waals surface area contributed by atoms with E-state index >= 15 is 0 Å². The first kappa shape index (κ1) is 28.0. The number of nitrogens with one attached hydrogen (secondary N) is 1. The third-order valence-corrected chi connectivity index (χ3v) is 9.73. The standard InChI is InChI=1S/C35H31FN4O3S/c1-4-27(37)33-26-19-25(30(39(2)44(3,41)42)20-32(26)43-35(33)22-11-14-24(36)15-12-22)28-16-13-21-9-7-17-40-29-10-6-5-8-23(29)18-31(40)34(21)38-28/h5-6,8,10-16,18-20,37H,4,7,9,17H2,1-3H3. The summed E-state index contributed by atoms with van der Waals surface area (Å²) in [6.07, 6.45) is 3.48. The van der Waals surface area contributed by atoms with Crippen LogP contribution in [-0.4, -0.2) is 37.0 Å². The van der Waals surface area contributed by atoms with Crippen molar-refractivity contribution in [2.75, 3.05) is 17.6 Å². The Morgan fingerprint density at radius 3 is 2.59 bits per heavy atom. The number of sulfonamides is 1. The van der Waals surface area contributed by atoms with Crippen molar-refractivity contribution in [3.8, 4) is 34.0 Å². The molecule has 0 aliphatic carbocycles. The quantitative estimate of drug-likeness (QED) is 0.194. The minimum Gasteiger partial charge on any atom is -0.455 e. The topological polar surface area (TPSA) is 92.2 Å². The number of para-hydroxylation sites is 1. The molecule has 7 nitrogen and oxygen atoms in total. The fourth-order valence-corrected chi connectivity index (χ4v) is 6.70. The molecule has 0 radical (unpaired) electrons. The third-order valence-electron chi connectivity index (χ3n) is 8.54. The van der Waals surface area contributed by atoms with Gasteiger partial charge < -0.3 is 14.4 Å². The maximum atomic E-state index is 13.8. The zero-order chi connectivity index (χ0) is 30.7. The van der Waals surface area contributed by atoms with Gasteiger partial charge in [-0.2, -0.15) is 0 Å². The van der Waals surface area contributed by atoms with Gasteiger partial charge in [-0.3, -0.25) is 4.31 Å². The van der Waals surface area contributed by atoms with Gasteiger partial charge in [-0.25, -0.2) is 17.8 Å². The molecule has 0 atom stereocenters. The first-order chi connectivity index (χ1) is 21.1. The van der Waals surface area contributed by atoms with Gasteiger partial charge in [-0.15, -0.1) is 0 Å². The molecule has 0 amide bonds. The molecule has 0 fully saturated rings. The third kappa shape index (κ3) is 4.59. The van der Waals surface area contributed by atoms with E-state index in [1.165, 1.54) is 23.5 Å². The highest BCUT2D eigenvalue weighted by Gasteiger charge is 2.26. The van der Waals surface area contributed by atoms with Gasteiger partial charge in [0.1, 0.15) is 17.2 Å². The molecule has 4 heterocycles. The normalized spacial score (nSPS) is 13.1. The Hall–Kier alpha value is -4.76. The smallest absolute Gasteiger partial charge is 0.232 e. The summed E-state index contributed by atoms with van der Waals surface area (Å²) in [5, 5.41) is 10.7. The molecule has 3 aromatic carbocycles. The van der Waals surface area contributed by atoms with E-state index in [1.807, 2.05) is 31.2 Å². The van der Waals surface area contributed by atoms with Gasteiger partial charge in [-0.05, 0) is 73.4 Å². The molecule has 9 heteroatoms. The molecule has 44 heavy (non-hydrogen) atoms. The van der Waals surface area contributed by atoms with Crippen LogP contribution in [0.5, 0.6) is 0 Å². The summed E-state index contributed by atoms with van der Waals surface area (Å²) in [5.41, 5.74) is 7.88. The van der Waals surface area contributed by atoms with Gasteiger partial charge in [0, 0.05) is 58.3 Å². The first-order valence-corrected chi connectivity index (χ1v) is 16.5. The molecule has 1 N–H and O–H groups in total. The summed E-state index contributed by atoms with van der Waals surface area (Å²) in [6.45, 7) is 2.78. The highest BCUT2D eigenvalue weighted by molar-refractivity contribution is 7.92. The number of aromatic nitrogens is 2. The number of fused-ring (bicyclic) bond motifs is 6. The Balaban J connectivity index is 1.50. The molecule has 0 bridgehead atoms. The average Bonchev–Trinajstić information content (AvgIpc) is 3.52. The fourth-order valence-electron chi connectivity index (χ4n) is 6.19. The molecule has 0 unspecified atom stereocenters. The number of benzene rings is 3. The second-order valence-electron chi connectivity index (χ2n) is 11.3. The van der Waals surface area contributed by atoms with E-state index in [9.17, 15) is 12.8 Å². The van der Waals surface area contributed by atoms with Crippen molar-refractivity contribution in [1.29, 1.82) is 5.41 Å². The Bertz CT molecular complexity index is 2220. The lowest BCUT2D eigenvalue weighted by atomic mass is 9.97. The van der Waals surface area contributed by atoms with Gasteiger partial charge in [0.2, 0.25) is 10.0 Å². The predicted molar refractivity (Wildman–Crippen MR) is 174 cm³/mol. The van der Waals surface area contributed by atoms with E-state index < -0.39 is 10.0 Å². The zero-order valence-corrected chi connectivity index (χ0v) is 25.5. The Kier molecular flexibility index (Phi) is 6.66. The van der Waals surface area contributed by atoms with Crippen molar-refractivity contribution in [2.45, 2.75) is 32.7 Å². The van der Waals surface area contributed by atoms with Crippen molar-refractivity contribution >= 4 is 43.3 Å². The van der Waals surface area contributed by atoms with E-state index in [2.05, 4.69) is 28.8 Å². The molecule has 1 aliphatic heterocycles. The molecule has 222 valence electrons. The van der Waals surface area contributed by atoms with Crippen molar-refractivity contribution in [3.05, 3.63) is 95.8 Å². The summed E-state index contributed by atoms with van der Waals surface area (Å²) in [6, 6.07) is 24.1. The molecule has 0 spiro atoms. The van der Waals surface area contributed by atoms with Crippen LogP contribution in [0.4, 0.5) is 10.1 Å². The zero-order valence-electron chi connectivity index (χ0n) is 24.7. The molecular formula is C35H31FN4O3S. The summed E-state index contributed by atoms with van der Waals surface area (Å²) in [5.74, 6) is 0.0704. The number of hydrogen-bond donors (Lipinski definition) is 1. The van der Waals surface area contributed by atoms with Gasteiger partial charge in [0.25, 0.3) is 0 Å². The van der Waals surface area contributed by atoms with Crippen LogP contribution in [0.2, 0.25) is 0 Å². The SMILES string of the molecule is CCC(=N)c1c(-c2ccc(F)cc2)oc2cc(N(C)S(C)(=O)=O)c(-c3ccc4c(n3)-c3cc5ccccc5n3CCC4)cc12. The minimum atomic E-state index is -3.65. The van der Waals surface area contributed by atoms with E-state index in [0.717, 1.165) is 53.5 Å². The van der Waals surface area contributed by atoms with Crippen LogP contribution in [-0.2, 0) is 23.0 Å². The average molecular weight is 607 g/mol. The van der Waals surface area contributed by atoms with E-state index in [4.69, 9.17) is 14.8 Å². The van der Waals surface area contributed by atoms with E-state index in [-0.39, 0.29) is 5.82 Å². The Morgan fingerprint density at radius 2 is 1.84 bits per heavy atom. The molecule has 0 saturated heterocycles. The van der Waals surface area contributed by atoms with Crippen LogP contribution in [0.1, 0.15) is 30.9 Å². The van der Waals surface area contributed by atoms with Crippen molar-refractivity contribution < 1.29 is 17.2 Å². The summed E-state index contributed by atoms with van der Waals surface area (Å²) >= 11 is 0. The van der Waals surface area contributed by atoms with Crippen LogP contribution >= 0.6 is 0 Å². The van der Waals surface area contributed by atoms with Crippen LogP contribution in [0.3, 0.4) is 0 Å². The molecule has 6 aromatic rings. The summed E-state index contributed by atoms with van der Waals surface area (Å²) in [4.78, 5) is 5.21. The number of aryl methyl sites for hydroxylation is 2. The lowest BCUT2D eigenvalue weighted by molar-refractivity contribution is 0.600. The highest BCUT2D eigenvalue weighted by atomic mass is 32.2. The lowest BCUT2D eigenvalue weighted by Crippen LogP contribution is -2.25. The molecular weight excluding hydrogens is 575 g/mol. The maximum absolute atomic E-state index is 13.8. The van der Waals surface area contributed by atoms with Crippen molar-refractivity contribution in [3.63, 3.8) is 0 Å². The Labute approximate surface area is 255 Å².